The maximum absolute atomic E-state index is 9.03. The Balaban J connectivity index is 2.60. The Morgan fingerprint density at radius 3 is 2.73 bits per heavy atom. The van der Waals surface area contributed by atoms with Gasteiger partial charge in [-0.2, -0.15) is 5.26 Å². The van der Waals surface area contributed by atoms with E-state index in [1.54, 1.807) is 6.20 Å². The van der Waals surface area contributed by atoms with Gasteiger partial charge >= 0.3 is 0 Å². The van der Waals surface area contributed by atoms with Crippen LogP contribution in [-0.4, -0.2) is 4.98 Å². The van der Waals surface area contributed by atoms with E-state index < -0.39 is 0 Å². The van der Waals surface area contributed by atoms with E-state index in [-0.39, 0.29) is 0 Å². The third-order valence-electron chi connectivity index (χ3n) is 2.24. The molecule has 0 N–H and O–H groups in total. The lowest BCUT2D eigenvalue weighted by Gasteiger charge is -2.03. The summed E-state index contributed by atoms with van der Waals surface area (Å²) in [4.78, 5) is 4.24. The van der Waals surface area contributed by atoms with Gasteiger partial charge in [-0.25, -0.2) is 0 Å². The van der Waals surface area contributed by atoms with E-state index in [0.29, 0.717) is 5.56 Å². The lowest BCUT2D eigenvalue weighted by Crippen LogP contribution is -1.87. The van der Waals surface area contributed by atoms with E-state index in [9.17, 15) is 0 Å². The van der Waals surface area contributed by atoms with Crippen molar-refractivity contribution in [3.8, 4) is 17.3 Å². The lowest BCUT2D eigenvalue weighted by atomic mass is 10.0. The summed E-state index contributed by atoms with van der Waals surface area (Å²) in [5.74, 6) is 0. The highest BCUT2D eigenvalue weighted by Gasteiger charge is 2.04. The first-order valence-electron chi connectivity index (χ1n) is 4.73. The van der Waals surface area contributed by atoms with E-state index >= 15 is 0 Å². The lowest BCUT2D eigenvalue weighted by molar-refractivity contribution is 1.31. The predicted octanol–water partition coefficient (Wildman–Crippen LogP) is 2.93. The van der Waals surface area contributed by atoms with Crippen LogP contribution < -0.4 is 0 Å². The fraction of sp³-hybridized carbons (Fsp3) is 0.0769. The summed E-state index contributed by atoms with van der Waals surface area (Å²) in [5, 5.41) is 9.03. The van der Waals surface area contributed by atoms with Crippen LogP contribution >= 0.6 is 0 Å². The highest BCUT2D eigenvalue weighted by Crippen LogP contribution is 2.21. The second-order valence-corrected chi connectivity index (χ2v) is 3.38. The van der Waals surface area contributed by atoms with Gasteiger partial charge in [-0.3, -0.25) is 4.98 Å². The molecule has 0 radical (unpaired) electrons. The van der Waals surface area contributed by atoms with Crippen LogP contribution in [0.3, 0.4) is 0 Å². The molecule has 0 spiro atoms. The van der Waals surface area contributed by atoms with Crippen molar-refractivity contribution in [1.29, 1.82) is 5.26 Å². The number of hydrogen-bond acceptors (Lipinski definition) is 2. The maximum Gasteiger partial charge on any atom is 0.0998 e. The minimum absolute atomic E-state index is 0.675. The fourth-order valence-corrected chi connectivity index (χ4v) is 1.50. The molecule has 0 amide bonds. The number of aromatic nitrogens is 1. The Labute approximate surface area is 88.8 Å². The molecule has 0 aliphatic heterocycles. The molecule has 0 unspecified atom stereocenters. The summed E-state index contributed by atoms with van der Waals surface area (Å²) in [6, 6.07) is 13.7. The van der Waals surface area contributed by atoms with Gasteiger partial charge in [-0.05, 0) is 30.7 Å². The zero-order valence-corrected chi connectivity index (χ0v) is 8.44. The molecule has 2 nitrogen and oxygen atoms in total. The van der Waals surface area contributed by atoms with Crippen LogP contribution in [0.2, 0.25) is 0 Å². The molecule has 1 heterocycles. The number of hydrogen-bond donors (Lipinski definition) is 0. The molecule has 2 rings (SSSR count). The number of nitrogens with zero attached hydrogens (tertiary/aromatic N) is 2. The quantitative estimate of drug-likeness (QED) is 0.699. The molecule has 72 valence electrons. The first-order chi connectivity index (χ1) is 7.31. The molecule has 2 heteroatoms. The van der Waals surface area contributed by atoms with Gasteiger partial charge in [-0.15, -0.1) is 0 Å². The Hall–Kier alpha value is -2.14. The van der Waals surface area contributed by atoms with Crippen molar-refractivity contribution >= 4 is 0 Å². The van der Waals surface area contributed by atoms with Crippen LogP contribution in [0, 0.1) is 18.3 Å². The smallest absolute Gasteiger partial charge is 0.0998 e. The van der Waals surface area contributed by atoms with Crippen molar-refractivity contribution in [2.45, 2.75) is 6.92 Å². The molecule has 0 fully saturated rings. The highest BCUT2D eigenvalue weighted by atomic mass is 14.7. The highest BCUT2D eigenvalue weighted by molar-refractivity contribution is 5.67. The summed E-state index contributed by atoms with van der Waals surface area (Å²) in [6.45, 7) is 1.98. The van der Waals surface area contributed by atoms with Crippen molar-refractivity contribution in [2.75, 3.05) is 0 Å². The molecule has 0 bridgehead atoms. The van der Waals surface area contributed by atoms with Gasteiger partial charge in [-0.1, -0.05) is 18.2 Å². The molecule has 0 saturated heterocycles. The average molecular weight is 194 g/mol. The third-order valence-corrected chi connectivity index (χ3v) is 2.24. The van der Waals surface area contributed by atoms with E-state index in [0.717, 1.165) is 16.8 Å². The fourth-order valence-electron chi connectivity index (χ4n) is 1.50. The number of aryl methyl sites for hydroxylation is 1. The summed E-state index contributed by atoms with van der Waals surface area (Å²) < 4.78 is 0. The maximum atomic E-state index is 9.03. The topological polar surface area (TPSA) is 36.7 Å². The van der Waals surface area contributed by atoms with Crippen molar-refractivity contribution in [2.24, 2.45) is 0 Å². The Morgan fingerprint density at radius 2 is 2.07 bits per heavy atom. The first kappa shape index (κ1) is 9.42. The monoisotopic (exact) mass is 194 g/mol. The van der Waals surface area contributed by atoms with E-state index in [4.69, 9.17) is 5.26 Å². The minimum Gasteiger partial charge on any atom is -0.256 e. The van der Waals surface area contributed by atoms with Crippen LogP contribution in [0.25, 0.3) is 11.3 Å². The van der Waals surface area contributed by atoms with Gasteiger partial charge in [0.25, 0.3) is 0 Å². The number of nitriles is 1. The summed E-state index contributed by atoms with van der Waals surface area (Å²) >= 11 is 0. The summed E-state index contributed by atoms with van der Waals surface area (Å²) in [6.07, 6.45) is 1.73. The standard InChI is InChI=1S/C13H10N2/c1-10-5-6-12(11(8-10)9-14)13-4-2-3-7-15-13/h2-8H,1H3. The van der Waals surface area contributed by atoms with Gasteiger partial charge in [0.05, 0.1) is 17.3 Å². The number of rotatable bonds is 1. The predicted molar refractivity (Wildman–Crippen MR) is 59.1 cm³/mol. The van der Waals surface area contributed by atoms with E-state index in [1.165, 1.54) is 0 Å². The molecular weight excluding hydrogens is 184 g/mol. The zero-order valence-electron chi connectivity index (χ0n) is 8.44. The molecule has 2 aromatic rings. The molecule has 1 aromatic carbocycles. The van der Waals surface area contributed by atoms with Crippen molar-refractivity contribution in [3.05, 3.63) is 53.7 Å². The SMILES string of the molecule is Cc1ccc(-c2ccccn2)c(C#N)c1. The van der Waals surface area contributed by atoms with Crippen molar-refractivity contribution < 1.29 is 0 Å². The molecule has 0 aliphatic rings. The minimum atomic E-state index is 0.675. The first-order valence-corrected chi connectivity index (χ1v) is 4.73. The molecule has 0 saturated carbocycles. The second kappa shape index (κ2) is 3.93. The van der Waals surface area contributed by atoms with Crippen LogP contribution in [0.4, 0.5) is 0 Å². The van der Waals surface area contributed by atoms with E-state index in [2.05, 4.69) is 11.1 Å². The summed E-state index contributed by atoms with van der Waals surface area (Å²) in [7, 11) is 0. The van der Waals surface area contributed by atoms with Crippen LogP contribution in [-0.2, 0) is 0 Å². The Bertz CT molecular complexity index is 510. The van der Waals surface area contributed by atoms with Crippen molar-refractivity contribution in [1.82, 2.24) is 4.98 Å². The van der Waals surface area contributed by atoms with Gasteiger partial charge in [0.2, 0.25) is 0 Å². The molecule has 15 heavy (non-hydrogen) atoms. The van der Waals surface area contributed by atoms with Crippen LogP contribution in [0.1, 0.15) is 11.1 Å². The third kappa shape index (κ3) is 1.87. The largest absolute Gasteiger partial charge is 0.256 e. The van der Waals surface area contributed by atoms with Crippen molar-refractivity contribution in [3.63, 3.8) is 0 Å². The van der Waals surface area contributed by atoms with E-state index in [1.807, 2.05) is 43.3 Å². The second-order valence-electron chi connectivity index (χ2n) is 3.38. The average Bonchev–Trinajstić information content (AvgIpc) is 2.30. The number of benzene rings is 1. The normalized spacial score (nSPS) is 9.60. The zero-order chi connectivity index (χ0) is 10.7. The van der Waals surface area contributed by atoms with Gasteiger partial charge in [0.15, 0.2) is 0 Å². The van der Waals surface area contributed by atoms with Crippen LogP contribution in [0.15, 0.2) is 42.6 Å². The molecule has 1 aromatic heterocycles. The van der Waals surface area contributed by atoms with Gasteiger partial charge in [0.1, 0.15) is 0 Å². The molecule has 0 aliphatic carbocycles. The van der Waals surface area contributed by atoms with Gasteiger partial charge < -0.3 is 0 Å². The van der Waals surface area contributed by atoms with Gasteiger partial charge in [0, 0.05) is 11.8 Å². The number of pyridine rings is 1. The molecule has 0 atom stereocenters. The van der Waals surface area contributed by atoms with Crippen LogP contribution in [0.5, 0.6) is 0 Å². The molecular formula is C13H10N2. The Morgan fingerprint density at radius 1 is 1.20 bits per heavy atom. The summed E-state index contributed by atoms with van der Waals surface area (Å²) in [5.41, 5.74) is 3.50. The Kier molecular flexibility index (Phi) is 2.47.